The van der Waals surface area contributed by atoms with Crippen LogP contribution in [0.25, 0.3) is 0 Å². The summed E-state index contributed by atoms with van der Waals surface area (Å²) in [6.07, 6.45) is 8.85. The minimum Gasteiger partial charge on any atom is -0.294 e. The van der Waals surface area contributed by atoms with Gasteiger partial charge in [0.25, 0.3) is 0 Å². The van der Waals surface area contributed by atoms with Crippen LogP contribution in [0.5, 0.6) is 0 Å². The van der Waals surface area contributed by atoms with Crippen LogP contribution in [0.2, 0.25) is 0 Å². The molecule has 0 radical (unpaired) electrons. The molecule has 0 amide bonds. The van der Waals surface area contributed by atoms with Crippen LogP contribution in [-0.4, -0.2) is 12.0 Å². The van der Waals surface area contributed by atoms with Gasteiger partial charge in [-0.25, -0.2) is 0 Å². The van der Waals surface area contributed by atoms with Crippen LogP contribution in [-0.2, 0) is 4.79 Å². The quantitative estimate of drug-likeness (QED) is 0.546. The predicted molar refractivity (Wildman–Crippen MR) is 45.5 cm³/mol. The fraction of sp³-hybridized carbons (Fsp3) is 0.111. The van der Waals surface area contributed by atoms with Gasteiger partial charge in [-0.2, -0.15) is 0 Å². The van der Waals surface area contributed by atoms with Crippen molar-refractivity contribution in [3.8, 4) is 0 Å². The van der Waals surface area contributed by atoms with Gasteiger partial charge in [0.15, 0.2) is 5.78 Å². The average molecular weight is 147 g/mol. The number of rotatable bonds is 2. The molecule has 56 valence electrons. The highest BCUT2D eigenvalue weighted by Crippen LogP contribution is 2.04. The molecule has 0 spiro atoms. The number of hydrogen-bond donors (Lipinski definition) is 0. The molecule has 1 aliphatic rings. The van der Waals surface area contributed by atoms with Crippen molar-refractivity contribution in [3.05, 3.63) is 36.6 Å². The highest BCUT2D eigenvalue weighted by molar-refractivity contribution is 6.14. The maximum atomic E-state index is 11.1. The molecule has 1 rings (SSSR count). The second-order valence-corrected chi connectivity index (χ2v) is 2.14. The standard InChI is InChI=1S/C9H9NO/c1-2-10-7-8-5-3-4-6-9(8)11/h2-5,7H,1,6H2. The van der Waals surface area contributed by atoms with Crippen LogP contribution < -0.4 is 0 Å². The molecular weight excluding hydrogens is 138 g/mol. The lowest BCUT2D eigenvalue weighted by Gasteiger charge is -1.99. The lowest BCUT2D eigenvalue weighted by atomic mass is 10.1. The Bertz CT molecular complexity index is 259. The molecule has 0 fully saturated rings. The fourth-order valence-corrected chi connectivity index (χ4v) is 0.806. The van der Waals surface area contributed by atoms with Crippen molar-refractivity contribution in [2.24, 2.45) is 4.99 Å². The maximum absolute atomic E-state index is 11.1. The molecule has 2 nitrogen and oxygen atoms in total. The third-order valence-corrected chi connectivity index (χ3v) is 1.36. The largest absolute Gasteiger partial charge is 0.294 e. The van der Waals surface area contributed by atoms with Crippen molar-refractivity contribution in [3.63, 3.8) is 0 Å². The number of hydrogen-bond acceptors (Lipinski definition) is 2. The molecule has 0 aromatic heterocycles. The number of carbonyl (C=O) groups excluding carboxylic acids is 1. The van der Waals surface area contributed by atoms with Crippen molar-refractivity contribution >= 4 is 12.0 Å². The molecule has 0 atom stereocenters. The van der Waals surface area contributed by atoms with Crippen LogP contribution in [0.15, 0.2) is 41.6 Å². The number of carbonyl (C=O) groups is 1. The Hall–Kier alpha value is -1.44. The fourth-order valence-electron chi connectivity index (χ4n) is 0.806. The first kappa shape index (κ1) is 7.66. The number of aliphatic imine (C=N–C) groups is 1. The summed E-state index contributed by atoms with van der Waals surface area (Å²) in [7, 11) is 0. The van der Waals surface area contributed by atoms with Gasteiger partial charge in [-0.05, 0) is 0 Å². The highest BCUT2D eigenvalue weighted by Gasteiger charge is 2.06. The summed E-state index contributed by atoms with van der Waals surface area (Å²) in [4.78, 5) is 14.8. The maximum Gasteiger partial charge on any atom is 0.168 e. The van der Waals surface area contributed by atoms with Crippen LogP contribution in [0.1, 0.15) is 6.42 Å². The molecule has 0 unspecified atom stereocenters. The molecule has 0 heterocycles. The Labute approximate surface area is 65.6 Å². The SMILES string of the molecule is C=CN=CC1=CC=CCC1=O. The Morgan fingerprint density at radius 1 is 1.64 bits per heavy atom. The Balaban J connectivity index is 2.76. The van der Waals surface area contributed by atoms with Crippen LogP contribution in [0.3, 0.4) is 0 Å². The van der Waals surface area contributed by atoms with Crippen molar-refractivity contribution < 1.29 is 4.79 Å². The predicted octanol–water partition coefficient (Wildman–Crippen LogP) is 1.66. The normalized spacial score (nSPS) is 17.1. The van der Waals surface area contributed by atoms with Crippen molar-refractivity contribution in [2.45, 2.75) is 6.42 Å². The highest BCUT2D eigenvalue weighted by atomic mass is 16.1. The summed E-state index contributed by atoms with van der Waals surface area (Å²) in [5, 5.41) is 0. The Morgan fingerprint density at radius 3 is 3.09 bits per heavy atom. The summed E-state index contributed by atoms with van der Waals surface area (Å²) in [6, 6.07) is 0. The zero-order chi connectivity index (χ0) is 8.10. The lowest BCUT2D eigenvalue weighted by molar-refractivity contribution is -0.114. The van der Waals surface area contributed by atoms with E-state index < -0.39 is 0 Å². The monoisotopic (exact) mass is 147 g/mol. The van der Waals surface area contributed by atoms with E-state index in [1.54, 1.807) is 6.08 Å². The lowest BCUT2D eigenvalue weighted by Crippen LogP contribution is -2.04. The summed E-state index contributed by atoms with van der Waals surface area (Å²) in [5.41, 5.74) is 0.646. The minimum atomic E-state index is 0.109. The summed E-state index contributed by atoms with van der Waals surface area (Å²) in [5.74, 6) is 0.109. The third kappa shape index (κ3) is 2.00. The van der Waals surface area contributed by atoms with Gasteiger partial charge in [-0.1, -0.05) is 24.8 Å². The summed E-state index contributed by atoms with van der Waals surface area (Å²) in [6.45, 7) is 3.42. The van der Waals surface area contributed by atoms with Gasteiger partial charge in [0.05, 0.1) is 0 Å². The average Bonchev–Trinajstić information content (AvgIpc) is 2.03. The smallest absolute Gasteiger partial charge is 0.168 e. The van der Waals surface area contributed by atoms with Gasteiger partial charge in [-0.3, -0.25) is 9.79 Å². The van der Waals surface area contributed by atoms with E-state index >= 15 is 0 Å². The van der Waals surface area contributed by atoms with Crippen molar-refractivity contribution in [2.75, 3.05) is 0 Å². The van der Waals surface area contributed by atoms with Gasteiger partial charge in [0.1, 0.15) is 0 Å². The Kier molecular flexibility index (Phi) is 2.55. The molecule has 0 N–H and O–H groups in total. The third-order valence-electron chi connectivity index (χ3n) is 1.36. The van der Waals surface area contributed by atoms with E-state index in [4.69, 9.17) is 0 Å². The minimum absolute atomic E-state index is 0.109. The zero-order valence-corrected chi connectivity index (χ0v) is 6.16. The van der Waals surface area contributed by atoms with Crippen LogP contribution in [0, 0.1) is 0 Å². The van der Waals surface area contributed by atoms with Gasteiger partial charge in [0, 0.05) is 24.4 Å². The molecule has 2 heteroatoms. The second kappa shape index (κ2) is 3.66. The molecule has 0 saturated carbocycles. The number of allylic oxidation sites excluding steroid dienone is 4. The first-order valence-corrected chi connectivity index (χ1v) is 3.38. The van der Waals surface area contributed by atoms with Crippen LogP contribution >= 0.6 is 0 Å². The molecule has 11 heavy (non-hydrogen) atoms. The van der Waals surface area contributed by atoms with E-state index in [0.29, 0.717) is 12.0 Å². The molecular formula is C9H9NO. The zero-order valence-electron chi connectivity index (χ0n) is 6.16. The second-order valence-electron chi connectivity index (χ2n) is 2.14. The molecule has 0 saturated heterocycles. The number of nitrogens with zero attached hydrogens (tertiary/aromatic N) is 1. The molecule has 0 bridgehead atoms. The summed E-state index contributed by atoms with van der Waals surface area (Å²) < 4.78 is 0. The number of ketones is 1. The van der Waals surface area contributed by atoms with Crippen molar-refractivity contribution in [1.82, 2.24) is 0 Å². The van der Waals surface area contributed by atoms with Gasteiger partial charge in [0.2, 0.25) is 0 Å². The van der Waals surface area contributed by atoms with Gasteiger partial charge < -0.3 is 0 Å². The molecule has 0 aliphatic heterocycles. The van der Waals surface area contributed by atoms with Gasteiger partial charge >= 0.3 is 0 Å². The molecule has 0 aromatic rings. The van der Waals surface area contributed by atoms with Gasteiger partial charge in [-0.15, -0.1) is 0 Å². The first-order chi connectivity index (χ1) is 5.34. The van der Waals surface area contributed by atoms with E-state index in [-0.39, 0.29) is 5.78 Å². The van der Waals surface area contributed by atoms with Crippen LogP contribution in [0.4, 0.5) is 0 Å². The molecule has 1 aliphatic carbocycles. The van der Waals surface area contributed by atoms with Crippen molar-refractivity contribution in [1.29, 1.82) is 0 Å². The van der Waals surface area contributed by atoms with E-state index in [2.05, 4.69) is 11.6 Å². The van der Waals surface area contributed by atoms with E-state index in [0.717, 1.165) is 0 Å². The molecule has 0 aromatic carbocycles. The van der Waals surface area contributed by atoms with E-state index in [1.807, 2.05) is 12.2 Å². The number of Topliss-reactive ketones (excluding diaryl/α,β-unsaturated/α-hetero) is 1. The topological polar surface area (TPSA) is 29.4 Å². The summed E-state index contributed by atoms with van der Waals surface area (Å²) >= 11 is 0. The Morgan fingerprint density at radius 2 is 2.45 bits per heavy atom. The first-order valence-electron chi connectivity index (χ1n) is 3.38. The van der Waals surface area contributed by atoms with E-state index in [1.165, 1.54) is 12.4 Å². The van der Waals surface area contributed by atoms with E-state index in [9.17, 15) is 4.79 Å².